The van der Waals surface area contributed by atoms with Crippen LogP contribution in [0.25, 0.3) is 0 Å². The molecule has 0 spiro atoms. The molecule has 1 N–H and O–H groups in total. The molecule has 6 nitrogen and oxygen atoms in total. The first-order valence-electron chi connectivity index (χ1n) is 5.94. The van der Waals surface area contributed by atoms with Crippen molar-refractivity contribution >= 4 is 6.16 Å². The van der Waals surface area contributed by atoms with E-state index < -0.39 is 11.8 Å². The molecule has 98 valence electrons. The monoisotopic (exact) mass is 244 g/mol. The number of morpholine rings is 2. The summed E-state index contributed by atoms with van der Waals surface area (Å²) in [4.78, 5) is 16.7. The molecule has 2 bridgehead atoms. The summed E-state index contributed by atoms with van der Waals surface area (Å²) in [7, 11) is 0. The Morgan fingerprint density at radius 1 is 1.29 bits per heavy atom. The molecule has 2 rings (SSSR count). The molecule has 2 aliphatic heterocycles. The lowest BCUT2D eigenvalue weighted by Crippen LogP contribution is -2.58. The van der Waals surface area contributed by atoms with E-state index in [1.807, 2.05) is 20.8 Å². The van der Waals surface area contributed by atoms with E-state index in [0.717, 1.165) is 13.1 Å². The van der Waals surface area contributed by atoms with Gasteiger partial charge in [0.15, 0.2) is 0 Å². The Bertz CT molecular complexity index is 278. The van der Waals surface area contributed by atoms with Crippen molar-refractivity contribution in [3.05, 3.63) is 0 Å². The first kappa shape index (κ1) is 12.6. The smallest absolute Gasteiger partial charge is 0.427 e. The van der Waals surface area contributed by atoms with Gasteiger partial charge in [-0.3, -0.25) is 0 Å². The highest BCUT2D eigenvalue weighted by Crippen LogP contribution is 2.16. The van der Waals surface area contributed by atoms with E-state index in [0.29, 0.717) is 13.1 Å². The maximum atomic E-state index is 11.5. The number of hydroxylamine groups is 2. The van der Waals surface area contributed by atoms with Gasteiger partial charge in [-0.2, -0.15) is 0 Å². The fourth-order valence-corrected chi connectivity index (χ4v) is 1.97. The van der Waals surface area contributed by atoms with Gasteiger partial charge in [0, 0.05) is 13.1 Å². The number of ether oxygens (including phenoxy) is 2. The van der Waals surface area contributed by atoms with Gasteiger partial charge in [0.25, 0.3) is 0 Å². The number of carbonyl (C=O) groups is 1. The molecular weight excluding hydrogens is 224 g/mol. The molecule has 2 heterocycles. The summed E-state index contributed by atoms with van der Waals surface area (Å²) in [5, 5.41) is 4.91. The Hall–Kier alpha value is -0.850. The van der Waals surface area contributed by atoms with Gasteiger partial charge in [-0.15, -0.1) is 5.06 Å². The van der Waals surface area contributed by atoms with Gasteiger partial charge in [0.2, 0.25) is 0 Å². The molecule has 2 atom stereocenters. The zero-order valence-electron chi connectivity index (χ0n) is 10.6. The summed E-state index contributed by atoms with van der Waals surface area (Å²) >= 11 is 0. The quantitative estimate of drug-likeness (QED) is 0.679. The van der Waals surface area contributed by atoms with Crippen molar-refractivity contribution in [1.82, 2.24) is 10.4 Å². The molecule has 2 aliphatic rings. The minimum atomic E-state index is -0.648. The second-order valence-electron chi connectivity index (χ2n) is 5.44. The Labute approximate surface area is 101 Å². The average Bonchev–Trinajstić information content (AvgIpc) is 2.13. The molecule has 6 heteroatoms. The highest BCUT2D eigenvalue weighted by atomic mass is 16.8. The Kier molecular flexibility index (Phi) is 3.56. The van der Waals surface area contributed by atoms with Crippen LogP contribution in [-0.2, 0) is 14.3 Å². The fraction of sp³-hybridized carbons (Fsp3) is 0.909. The van der Waals surface area contributed by atoms with Crippen molar-refractivity contribution in [1.29, 1.82) is 0 Å². The largest absolute Gasteiger partial charge is 0.528 e. The zero-order chi connectivity index (χ0) is 12.5. The van der Waals surface area contributed by atoms with Crippen molar-refractivity contribution in [2.75, 3.05) is 26.2 Å². The molecule has 2 unspecified atom stereocenters. The van der Waals surface area contributed by atoms with E-state index in [-0.39, 0.29) is 12.2 Å². The average molecular weight is 244 g/mol. The van der Waals surface area contributed by atoms with Gasteiger partial charge in [-0.05, 0) is 20.8 Å². The highest BCUT2D eigenvalue weighted by molar-refractivity contribution is 5.60. The molecule has 0 radical (unpaired) electrons. The van der Waals surface area contributed by atoms with Crippen molar-refractivity contribution in [2.45, 2.75) is 38.6 Å². The van der Waals surface area contributed by atoms with Gasteiger partial charge in [0.05, 0.1) is 25.3 Å². The molecule has 0 aliphatic carbocycles. The Balaban J connectivity index is 1.81. The van der Waals surface area contributed by atoms with E-state index in [9.17, 15) is 4.79 Å². The summed E-state index contributed by atoms with van der Waals surface area (Å²) in [6.45, 7) is 8.20. The maximum absolute atomic E-state index is 11.5. The summed E-state index contributed by atoms with van der Waals surface area (Å²) in [6, 6.07) is 0. The second kappa shape index (κ2) is 4.80. The Morgan fingerprint density at radius 3 is 2.41 bits per heavy atom. The third-order valence-electron chi connectivity index (χ3n) is 2.54. The third-order valence-corrected chi connectivity index (χ3v) is 2.54. The molecule has 17 heavy (non-hydrogen) atoms. The lowest BCUT2D eigenvalue weighted by atomic mass is 10.2. The van der Waals surface area contributed by atoms with E-state index >= 15 is 0 Å². The predicted molar refractivity (Wildman–Crippen MR) is 60.4 cm³/mol. The van der Waals surface area contributed by atoms with Crippen LogP contribution in [0.4, 0.5) is 4.79 Å². The van der Waals surface area contributed by atoms with Crippen LogP contribution >= 0.6 is 0 Å². The van der Waals surface area contributed by atoms with Gasteiger partial charge >= 0.3 is 6.16 Å². The van der Waals surface area contributed by atoms with Crippen LogP contribution in [0.3, 0.4) is 0 Å². The van der Waals surface area contributed by atoms with Crippen LogP contribution in [0, 0.1) is 0 Å². The number of nitrogens with zero attached hydrogens (tertiary/aromatic N) is 1. The summed E-state index contributed by atoms with van der Waals surface area (Å²) in [5.41, 5.74) is -0.527. The normalized spacial score (nSPS) is 29.8. The van der Waals surface area contributed by atoms with Gasteiger partial charge in [0.1, 0.15) is 5.60 Å². The number of nitrogens with one attached hydrogen (secondary N) is 1. The van der Waals surface area contributed by atoms with Gasteiger partial charge < -0.3 is 19.6 Å². The van der Waals surface area contributed by atoms with Gasteiger partial charge in [-0.1, -0.05) is 0 Å². The first-order chi connectivity index (χ1) is 7.92. The first-order valence-corrected chi connectivity index (χ1v) is 5.94. The molecule has 0 aromatic carbocycles. The number of rotatable bonds is 1. The number of carbonyl (C=O) groups excluding carboxylic acids is 1. The van der Waals surface area contributed by atoms with Crippen LogP contribution in [0.2, 0.25) is 0 Å². The van der Waals surface area contributed by atoms with Gasteiger partial charge in [-0.25, -0.2) is 4.79 Å². The molecule has 2 fully saturated rings. The van der Waals surface area contributed by atoms with Crippen LogP contribution in [0.1, 0.15) is 20.8 Å². The topological polar surface area (TPSA) is 60.0 Å². The fourth-order valence-electron chi connectivity index (χ4n) is 1.97. The molecule has 0 saturated carbocycles. The van der Waals surface area contributed by atoms with Crippen LogP contribution in [0.5, 0.6) is 0 Å². The highest BCUT2D eigenvalue weighted by Gasteiger charge is 2.33. The number of fused-ring (bicyclic) bond motifs is 2. The summed E-state index contributed by atoms with van der Waals surface area (Å²) in [5.74, 6) is 0. The molecule has 0 aromatic rings. The zero-order valence-corrected chi connectivity index (χ0v) is 10.6. The minimum Gasteiger partial charge on any atom is -0.427 e. The lowest BCUT2D eigenvalue weighted by Gasteiger charge is -2.40. The van der Waals surface area contributed by atoms with Crippen LogP contribution in [-0.4, -0.2) is 55.2 Å². The summed E-state index contributed by atoms with van der Waals surface area (Å²) < 4.78 is 10.8. The molecule has 0 aromatic heterocycles. The van der Waals surface area contributed by atoms with Crippen molar-refractivity contribution < 1.29 is 19.1 Å². The summed E-state index contributed by atoms with van der Waals surface area (Å²) in [6.07, 6.45) is -0.472. The third kappa shape index (κ3) is 3.83. The number of hydrogen-bond donors (Lipinski definition) is 1. The second-order valence-corrected chi connectivity index (χ2v) is 5.44. The number of hydrogen-bond acceptors (Lipinski definition) is 6. The van der Waals surface area contributed by atoms with E-state index in [2.05, 4.69) is 5.32 Å². The van der Waals surface area contributed by atoms with E-state index in [1.165, 1.54) is 0 Å². The molecule has 0 amide bonds. The predicted octanol–water partition coefficient (Wildman–Crippen LogP) is 0.526. The SMILES string of the molecule is CC(C)(C)OC(=O)ON1CC2CNCC(C1)O2. The van der Waals surface area contributed by atoms with Crippen molar-refractivity contribution in [3.63, 3.8) is 0 Å². The van der Waals surface area contributed by atoms with Crippen molar-refractivity contribution in [3.8, 4) is 0 Å². The molecular formula is C11H20N2O4. The van der Waals surface area contributed by atoms with E-state index in [4.69, 9.17) is 14.3 Å². The lowest BCUT2D eigenvalue weighted by molar-refractivity contribution is -0.218. The van der Waals surface area contributed by atoms with Crippen molar-refractivity contribution in [2.24, 2.45) is 0 Å². The molecule has 2 saturated heterocycles. The van der Waals surface area contributed by atoms with Crippen LogP contribution in [0.15, 0.2) is 0 Å². The standard InChI is InChI=1S/C11H20N2O4/c1-11(2,3)16-10(14)17-13-6-8-4-12-5-9(7-13)15-8/h8-9,12H,4-7H2,1-3H3. The maximum Gasteiger partial charge on any atom is 0.528 e. The van der Waals surface area contributed by atoms with E-state index in [1.54, 1.807) is 5.06 Å². The van der Waals surface area contributed by atoms with Crippen LogP contribution < -0.4 is 5.32 Å². The minimum absolute atomic E-state index is 0.0879. The Morgan fingerprint density at radius 2 is 1.88 bits per heavy atom.